The Balaban J connectivity index is 1.84. The second-order valence-corrected chi connectivity index (χ2v) is 8.26. The molecule has 3 rings (SSSR count). The van der Waals surface area contributed by atoms with E-state index in [0.717, 1.165) is 42.2 Å². The number of halogens is 2. The standard InChI is InChI=1S/C21H25Cl2N3OS/c1-25-11-9-17(10-12-25)26(14-15-5-3-4-6-18(15)23)21(28)24-19-13-16(22)7-8-20(19)27-2/h3-8,13,17H,9-12,14H2,1-2H3,(H,24,28). The average Bonchev–Trinajstić information content (AvgIpc) is 2.68. The van der Waals surface area contributed by atoms with Crippen molar-refractivity contribution in [1.29, 1.82) is 0 Å². The predicted molar refractivity (Wildman–Crippen MR) is 122 cm³/mol. The molecule has 1 saturated heterocycles. The fourth-order valence-electron chi connectivity index (χ4n) is 3.45. The lowest BCUT2D eigenvalue weighted by Crippen LogP contribution is -2.47. The highest BCUT2D eigenvalue weighted by Gasteiger charge is 2.26. The molecule has 7 heteroatoms. The van der Waals surface area contributed by atoms with E-state index in [1.54, 1.807) is 13.2 Å². The van der Waals surface area contributed by atoms with Crippen molar-refractivity contribution in [2.24, 2.45) is 0 Å². The van der Waals surface area contributed by atoms with Gasteiger partial charge in [0.1, 0.15) is 5.75 Å². The number of likely N-dealkylation sites (tertiary alicyclic amines) is 1. The summed E-state index contributed by atoms with van der Waals surface area (Å²) >= 11 is 18.4. The maximum absolute atomic E-state index is 6.43. The topological polar surface area (TPSA) is 27.7 Å². The molecule has 2 aromatic rings. The summed E-state index contributed by atoms with van der Waals surface area (Å²) in [5, 5.41) is 5.37. The number of rotatable bonds is 5. The Bertz CT molecular complexity index is 825. The molecule has 1 aliphatic heterocycles. The fourth-order valence-corrected chi connectivity index (χ4v) is 4.14. The van der Waals surface area contributed by atoms with Crippen molar-refractivity contribution in [3.05, 3.63) is 58.1 Å². The second-order valence-electron chi connectivity index (χ2n) is 7.03. The lowest BCUT2D eigenvalue weighted by molar-refractivity contribution is 0.173. The van der Waals surface area contributed by atoms with E-state index in [1.807, 2.05) is 36.4 Å². The number of benzene rings is 2. The molecule has 0 unspecified atom stereocenters. The van der Waals surface area contributed by atoms with E-state index < -0.39 is 0 Å². The molecule has 4 nitrogen and oxygen atoms in total. The van der Waals surface area contributed by atoms with Gasteiger partial charge in [-0.1, -0.05) is 41.4 Å². The highest BCUT2D eigenvalue weighted by atomic mass is 35.5. The molecule has 0 aromatic heterocycles. The van der Waals surface area contributed by atoms with E-state index in [0.29, 0.717) is 28.5 Å². The third-order valence-electron chi connectivity index (χ3n) is 5.09. The Kier molecular flexibility index (Phi) is 7.41. The van der Waals surface area contributed by atoms with Crippen molar-refractivity contribution in [3.63, 3.8) is 0 Å². The smallest absolute Gasteiger partial charge is 0.174 e. The Morgan fingerprint density at radius 2 is 1.93 bits per heavy atom. The van der Waals surface area contributed by atoms with Crippen molar-refractivity contribution in [2.75, 3.05) is 32.6 Å². The Morgan fingerprint density at radius 3 is 2.61 bits per heavy atom. The summed E-state index contributed by atoms with van der Waals surface area (Å²) in [6.45, 7) is 2.75. The van der Waals surface area contributed by atoms with Gasteiger partial charge < -0.3 is 19.9 Å². The van der Waals surface area contributed by atoms with E-state index in [2.05, 4.69) is 22.2 Å². The number of piperidine rings is 1. The van der Waals surface area contributed by atoms with Gasteiger partial charge in [0.2, 0.25) is 0 Å². The van der Waals surface area contributed by atoms with E-state index >= 15 is 0 Å². The number of ether oxygens (including phenoxy) is 1. The summed E-state index contributed by atoms with van der Waals surface area (Å²) in [7, 11) is 3.79. The van der Waals surface area contributed by atoms with Crippen molar-refractivity contribution < 1.29 is 4.74 Å². The first kappa shape index (κ1) is 21.2. The van der Waals surface area contributed by atoms with Crippen LogP contribution >= 0.6 is 35.4 Å². The highest BCUT2D eigenvalue weighted by Crippen LogP contribution is 2.29. The van der Waals surface area contributed by atoms with Crippen LogP contribution in [0.4, 0.5) is 5.69 Å². The molecule has 1 aliphatic rings. The van der Waals surface area contributed by atoms with Gasteiger partial charge >= 0.3 is 0 Å². The summed E-state index contributed by atoms with van der Waals surface area (Å²) in [5.74, 6) is 0.702. The predicted octanol–water partition coefficient (Wildman–Crippen LogP) is 5.30. The van der Waals surface area contributed by atoms with Crippen LogP contribution in [0.15, 0.2) is 42.5 Å². The first-order valence-corrected chi connectivity index (χ1v) is 10.5. The highest BCUT2D eigenvalue weighted by molar-refractivity contribution is 7.80. The molecule has 0 radical (unpaired) electrons. The lowest BCUT2D eigenvalue weighted by atomic mass is 10.0. The van der Waals surface area contributed by atoms with Crippen LogP contribution in [0.1, 0.15) is 18.4 Å². The van der Waals surface area contributed by atoms with Gasteiger partial charge in [-0.05, 0) is 75.0 Å². The van der Waals surface area contributed by atoms with Crippen molar-refractivity contribution in [3.8, 4) is 5.75 Å². The average molecular weight is 438 g/mol. The van der Waals surface area contributed by atoms with Crippen LogP contribution in [-0.4, -0.2) is 48.2 Å². The Labute approximate surface area is 182 Å². The zero-order valence-corrected chi connectivity index (χ0v) is 18.4. The molecule has 0 aliphatic carbocycles. The first-order chi connectivity index (χ1) is 13.5. The van der Waals surface area contributed by atoms with E-state index in [4.69, 9.17) is 40.2 Å². The molecule has 0 spiro atoms. The molecule has 2 aromatic carbocycles. The Hall–Kier alpha value is -1.53. The molecular weight excluding hydrogens is 413 g/mol. The number of anilines is 1. The zero-order chi connectivity index (χ0) is 20.1. The number of hydrogen-bond acceptors (Lipinski definition) is 3. The molecule has 0 atom stereocenters. The van der Waals surface area contributed by atoms with Crippen LogP contribution in [0, 0.1) is 0 Å². The molecule has 0 amide bonds. The van der Waals surface area contributed by atoms with Gasteiger partial charge in [-0.15, -0.1) is 0 Å². The maximum Gasteiger partial charge on any atom is 0.174 e. The van der Waals surface area contributed by atoms with Gasteiger partial charge in [0.05, 0.1) is 12.8 Å². The minimum absolute atomic E-state index is 0.345. The largest absolute Gasteiger partial charge is 0.495 e. The van der Waals surface area contributed by atoms with Crippen LogP contribution < -0.4 is 10.1 Å². The number of methoxy groups -OCH3 is 1. The number of nitrogens with one attached hydrogen (secondary N) is 1. The van der Waals surface area contributed by atoms with Crippen LogP contribution in [0.5, 0.6) is 5.75 Å². The first-order valence-electron chi connectivity index (χ1n) is 9.31. The van der Waals surface area contributed by atoms with Crippen LogP contribution in [0.2, 0.25) is 10.0 Å². The van der Waals surface area contributed by atoms with E-state index in [-0.39, 0.29) is 0 Å². The zero-order valence-electron chi connectivity index (χ0n) is 16.1. The van der Waals surface area contributed by atoms with Gasteiger partial charge in [0.25, 0.3) is 0 Å². The monoisotopic (exact) mass is 437 g/mol. The molecule has 1 heterocycles. The van der Waals surface area contributed by atoms with Crippen LogP contribution in [0.25, 0.3) is 0 Å². The normalized spacial score (nSPS) is 15.3. The summed E-state index contributed by atoms with van der Waals surface area (Å²) in [6.07, 6.45) is 2.10. The third-order valence-corrected chi connectivity index (χ3v) is 6.03. The summed E-state index contributed by atoms with van der Waals surface area (Å²) in [5.41, 5.74) is 1.82. The molecule has 0 saturated carbocycles. The minimum atomic E-state index is 0.345. The van der Waals surface area contributed by atoms with Gasteiger partial charge in [0, 0.05) is 22.6 Å². The van der Waals surface area contributed by atoms with Crippen LogP contribution in [0.3, 0.4) is 0 Å². The summed E-state index contributed by atoms with van der Waals surface area (Å²) in [6, 6.07) is 13.7. The third kappa shape index (κ3) is 5.29. The Morgan fingerprint density at radius 1 is 1.21 bits per heavy atom. The number of nitrogens with zero attached hydrogens (tertiary/aromatic N) is 2. The van der Waals surface area contributed by atoms with Gasteiger partial charge in [0.15, 0.2) is 5.11 Å². The molecular formula is C21H25Cl2N3OS. The molecule has 1 fully saturated rings. The molecule has 28 heavy (non-hydrogen) atoms. The summed E-state index contributed by atoms with van der Waals surface area (Å²) < 4.78 is 5.45. The molecule has 0 bridgehead atoms. The van der Waals surface area contributed by atoms with Crippen molar-refractivity contribution in [1.82, 2.24) is 9.80 Å². The van der Waals surface area contributed by atoms with Crippen molar-refractivity contribution >= 4 is 46.2 Å². The van der Waals surface area contributed by atoms with Crippen molar-refractivity contribution in [2.45, 2.75) is 25.4 Å². The van der Waals surface area contributed by atoms with E-state index in [1.165, 1.54) is 0 Å². The minimum Gasteiger partial charge on any atom is -0.495 e. The van der Waals surface area contributed by atoms with Gasteiger partial charge in [-0.3, -0.25) is 0 Å². The maximum atomic E-state index is 6.43. The fraction of sp³-hybridized carbons (Fsp3) is 0.381. The van der Waals surface area contributed by atoms with Gasteiger partial charge in [-0.25, -0.2) is 0 Å². The van der Waals surface area contributed by atoms with Crippen LogP contribution in [-0.2, 0) is 6.54 Å². The summed E-state index contributed by atoms with van der Waals surface area (Å²) in [4.78, 5) is 4.59. The number of thiocarbonyl (C=S) groups is 1. The lowest BCUT2D eigenvalue weighted by Gasteiger charge is -2.39. The quantitative estimate of drug-likeness (QED) is 0.640. The molecule has 150 valence electrons. The van der Waals surface area contributed by atoms with E-state index in [9.17, 15) is 0 Å². The molecule has 1 N–H and O–H groups in total. The van der Waals surface area contributed by atoms with Gasteiger partial charge in [-0.2, -0.15) is 0 Å². The SMILES string of the molecule is COc1ccc(Cl)cc1NC(=S)N(Cc1ccccc1Cl)C1CCN(C)CC1. The second kappa shape index (κ2) is 9.79. The number of hydrogen-bond donors (Lipinski definition) is 1.